The standard InChI is InChI=1S/C7H4Cl2N2O/c8-3-5-11-6-4(12-5)1-2-10-7(6)9/h1-2H,3H2. The maximum Gasteiger partial charge on any atom is 0.210 e. The van der Waals surface area contributed by atoms with E-state index in [0.717, 1.165) is 0 Å². The van der Waals surface area contributed by atoms with E-state index in [0.29, 0.717) is 22.1 Å². The zero-order chi connectivity index (χ0) is 8.55. The number of aromatic nitrogens is 2. The minimum Gasteiger partial charge on any atom is -0.439 e. The van der Waals surface area contributed by atoms with Crippen LogP contribution in [0.1, 0.15) is 5.89 Å². The normalized spacial score (nSPS) is 10.8. The van der Waals surface area contributed by atoms with Crippen molar-refractivity contribution in [1.82, 2.24) is 9.97 Å². The summed E-state index contributed by atoms with van der Waals surface area (Å²) in [5, 5.41) is 0.340. The van der Waals surface area contributed by atoms with E-state index in [1.807, 2.05) is 0 Å². The van der Waals surface area contributed by atoms with Crippen molar-refractivity contribution < 1.29 is 4.42 Å². The summed E-state index contributed by atoms with van der Waals surface area (Å²) in [4.78, 5) is 7.89. The Morgan fingerprint density at radius 3 is 3.00 bits per heavy atom. The van der Waals surface area contributed by atoms with Crippen LogP contribution in [0, 0.1) is 0 Å². The van der Waals surface area contributed by atoms with Gasteiger partial charge in [0.15, 0.2) is 10.7 Å². The van der Waals surface area contributed by atoms with Crippen molar-refractivity contribution in [2.75, 3.05) is 0 Å². The van der Waals surface area contributed by atoms with E-state index in [-0.39, 0.29) is 5.88 Å². The van der Waals surface area contributed by atoms with Gasteiger partial charge in [0, 0.05) is 12.3 Å². The van der Waals surface area contributed by atoms with Crippen molar-refractivity contribution in [2.45, 2.75) is 5.88 Å². The summed E-state index contributed by atoms with van der Waals surface area (Å²) in [7, 11) is 0. The van der Waals surface area contributed by atoms with Crippen LogP contribution < -0.4 is 0 Å². The molecule has 2 aromatic rings. The molecule has 0 N–H and O–H groups in total. The van der Waals surface area contributed by atoms with Gasteiger partial charge in [0.1, 0.15) is 5.52 Å². The molecule has 0 radical (unpaired) electrons. The molecule has 0 saturated heterocycles. The molecule has 0 aliphatic rings. The number of nitrogens with zero attached hydrogens (tertiary/aromatic N) is 2. The number of rotatable bonds is 1. The number of halogens is 2. The van der Waals surface area contributed by atoms with Gasteiger partial charge in [-0.05, 0) is 0 Å². The molecule has 0 spiro atoms. The maximum absolute atomic E-state index is 5.75. The number of hydrogen-bond acceptors (Lipinski definition) is 3. The first-order chi connectivity index (χ1) is 5.81. The van der Waals surface area contributed by atoms with Gasteiger partial charge in [0.05, 0.1) is 5.88 Å². The summed E-state index contributed by atoms with van der Waals surface area (Å²) >= 11 is 11.3. The second kappa shape index (κ2) is 2.92. The first-order valence-electron chi connectivity index (χ1n) is 3.27. The first kappa shape index (κ1) is 7.83. The zero-order valence-electron chi connectivity index (χ0n) is 5.92. The molecule has 0 aliphatic carbocycles. The van der Waals surface area contributed by atoms with Crippen molar-refractivity contribution in [3.63, 3.8) is 0 Å². The van der Waals surface area contributed by atoms with E-state index < -0.39 is 0 Å². The molecule has 0 aromatic carbocycles. The highest BCUT2D eigenvalue weighted by Gasteiger charge is 2.07. The van der Waals surface area contributed by atoms with E-state index in [2.05, 4.69) is 9.97 Å². The minimum atomic E-state index is 0.241. The fourth-order valence-corrected chi connectivity index (χ4v) is 1.23. The lowest BCUT2D eigenvalue weighted by atomic mass is 10.4. The molecule has 62 valence electrons. The quantitative estimate of drug-likeness (QED) is 0.528. The number of oxazole rings is 1. The van der Waals surface area contributed by atoms with Gasteiger partial charge < -0.3 is 4.42 Å². The third-order valence-corrected chi connectivity index (χ3v) is 1.93. The monoisotopic (exact) mass is 202 g/mol. The van der Waals surface area contributed by atoms with Gasteiger partial charge in [0.2, 0.25) is 5.89 Å². The van der Waals surface area contributed by atoms with Crippen molar-refractivity contribution in [1.29, 1.82) is 0 Å². The van der Waals surface area contributed by atoms with Crippen LogP contribution in [-0.4, -0.2) is 9.97 Å². The molecule has 0 unspecified atom stereocenters. The van der Waals surface area contributed by atoms with E-state index in [1.54, 1.807) is 12.3 Å². The van der Waals surface area contributed by atoms with Crippen molar-refractivity contribution in [2.24, 2.45) is 0 Å². The Balaban J connectivity index is 2.74. The lowest BCUT2D eigenvalue weighted by molar-refractivity contribution is 0.554. The van der Waals surface area contributed by atoms with Crippen molar-refractivity contribution in [3.8, 4) is 0 Å². The van der Waals surface area contributed by atoms with Gasteiger partial charge in [-0.25, -0.2) is 9.97 Å². The molecule has 5 heteroatoms. The van der Waals surface area contributed by atoms with Gasteiger partial charge >= 0.3 is 0 Å². The van der Waals surface area contributed by atoms with Gasteiger partial charge in [-0.3, -0.25) is 0 Å². The fourth-order valence-electron chi connectivity index (χ4n) is 0.927. The van der Waals surface area contributed by atoms with Crippen LogP contribution in [0.4, 0.5) is 0 Å². The molecule has 0 bridgehead atoms. The smallest absolute Gasteiger partial charge is 0.210 e. The Kier molecular flexibility index (Phi) is 1.90. The van der Waals surface area contributed by atoms with E-state index in [4.69, 9.17) is 27.6 Å². The van der Waals surface area contributed by atoms with Gasteiger partial charge in [-0.1, -0.05) is 11.6 Å². The number of fused-ring (bicyclic) bond motifs is 1. The summed E-state index contributed by atoms with van der Waals surface area (Å²) in [5.41, 5.74) is 1.18. The van der Waals surface area contributed by atoms with Crippen LogP contribution in [0.2, 0.25) is 5.15 Å². The SMILES string of the molecule is ClCc1nc2c(Cl)nccc2o1. The van der Waals surface area contributed by atoms with Crippen LogP contribution in [0.3, 0.4) is 0 Å². The average Bonchev–Trinajstić information content (AvgIpc) is 2.49. The summed E-state index contributed by atoms with van der Waals surface area (Å²) in [6, 6.07) is 1.70. The Hall–Kier alpha value is -0.800. The Morgan fingerprint density at radius 1 is 1.50 bits per heavy atom. The first-order valence-corrected chi connectivity index (χ1v) is 4.18. The molecule has 2 heterocycles. The van der Waals surface area contributed by atoms with E-state index in [1.165, 1.54) is 0 Å². The highest BCUT2D eigenvalue weighted by molar-refractivity contribution is 6.33. The van der Waals surface area contributed by atoms with Crippen LogP contribution in [0.5, 0.6) is 0 Å². The lowest BCUT2D eigenvalue weighted by Crippen LogP contribution is -1.76. The van der Waals surface area contributed by atoms with Crippen molar-refractivity contribution in [3.05, 3.63) is 23.3 Å². The van der Waals surface area contributed by atoms with E-state index in [9.17, 15) is 0 Å². The largest absolute Gasteiger partial charge is 0.439 e. The molecule has 2 rings (SSSR count). The van der Waals surface area contributed by atoms with Gasteiger partial charge in [-0.15, -0.1) is 11.6 Å². The molecule has 2 aromatic heterocycles. The molecule has 12 heavy (non-hydrogen) atoms. The van der Waals surface area contributed by atoms with E-state index >= 15 is 0 Å². The second-order valence-corrected chi connectivity index (χ2v) is 2.82. The van der Waals surface area contributed by atoms with Gasteiger partial charge in [-0.2, -0.15) is 0 Å². The third kappa shape index (κ3) is 1.15. The minimum absolute atomic E-state index is 0.241. The number of pyridine rings is 1. The topological polar surface area (TPSA) is 38.9 Å². The fraction of sp³-hybridized carbons (Fsp3) is 0.143. The summed E-state index contributed by atoms with van der Waals surface area (Å²) in [6.07, 6.45) is 1.56. The predicted molar refractivity (Wildman–Crippen MR) is 46.4 cm³/mol. The molecular formula is C7H4Cl2N2O. The molecule has 0 saturated carbocycles. The second-order valence-electron chi connectivity index (χ2n) is 2.19. The highest BCUT2D eigenvalue weighted by atomic mass is 35.5. The van der Waals surface area contributed by atoms with Crippen LogP contribution in [0.25, 0.3) is 11.1 Å². The number of alkyl halides is 1. The maximum atomic E-state index is 5.75. The van der Waals surface area contributed by atoms with Crippen LogP contribution >= 0.6 is 23.2 Å². The van der Waals surface area contributed by atoms with Crippen LogP contribution in [-0.2, 0) is 5.88 Å². The molecule has 3 nitrogen and oxygen atoms in total. The lowest BCUT2D eigenvalue weighted by Gasteiger charge is -1.85. The third-order valence-electron chi connectivity index (χ3n) is 1.42. The molecule has 0 aliphatic heterocycles. The molecule has 0 amide bonds. The molecular weight excluding hydrogens is 199 g/mol. The average molecular weight is 203 g/mol. The Labute approximate surface area is 78.3 Å². The Bertz CT molecular complexity index is 413. The zero-order valence-corrected chi connectivity index (χ0v) is 7.43. The summed E-state index contributed by atoms with van der Waals surface area (Å²) < 4.78 is 5.23. The van der Waals surface area contributed by atoms with Crippen molar-refractivity contribution >= 4 is 34.3 Å². The van der Waals surface area contributed by atoms with Crippen LogP contribution in [0.15, 0.2) is 16.7 Å². The predicted octanol–water partition coefficient (Wildman–Crippen LogP) is 2.62. The Morgan fingerprint density at radius 2 is 2.33 bits per heavy atom. The molecule has 0 fully saturated rings. The highest BCUT2D eigenvalue weighted by Crippen LogP contribution is 2.21. The number of hydrogen-bond donors (Lipinski definition) is 0. The summed E-state index contributed by atoms with van der Waals surface area (Å²) in [5.74, 6) is 0.701. The van der Waals surface area contributed by atoms with Gasteiger partial charge in [0.25, 0.3) is 0 Å². The molecule has 0 atom stereocenters. The summed E-state index contributed by atoms with van der Waals surface area (Å²) in [6.45, 7) is 0.